The molecular weight excluding hydrogens is 406 g/mol. The highest BCUT2D eigenvalue weighted by molar-refractivity contribution is 6.29. The van der Waals surface area contributed by atoms with Crippen LogP contribution in [0.3, 0.4) is 0 Å². The van der Waals surface area contributed by atoms with Gasteiger partial charge in [0.2, 0.25) is 0 Å². The smallest absolute Gasteiger partial charge is 0.332 e. The fraction of sp³-hybridized carbons (Fsp3) is 0.364. The molecule has 1 aliphatic heterocycles. The van der Waals surface area contributed by atoms with Crippen LogP contribution in [0.4, 0.5) is 10.5 Å². The molecule has 3 amide bonds. The summed E-state index contributed by atoms with van der Waals surface area (Å²) in [6.07, 6.45) is 2.21. The summed E-state index contributed by atoms with van der Waals surface area (Å²) in [6.45, 7) is 7.28. The lowest BCUT2D eigenvalue weighted by Gasteiger charge is -2.27. The normalized spacial score (nSPS) is 16.7. The molecular formula is C22H24ClN3O4. The molecule has 0 radical (unpaired) electrons. The van der Waals surface area contributed by atoms with Crippen LogP contribution in [0.2, 0.25) is 5.15 Å². The zero-order valence-electron chi connectivity index (χ0n) is 17.4. The van der Waals surface area contributed by atoms with Crippen LogP contribution in [0.5, 0.6) is 5.75 Å². The number of anilines is 1. The number of ether oxygens (including phenoxy) is 1. The van der Waals surface area contributed by atoms with Gasteiger partial charge in [-0.2, -0.15) is 0 Å². The molecule has 3 rings (SSSR count). The second kappa shape index (κ2) is 8.44. The van der Waals surface area contributed by atoms with Crippen LogP contribution in [0.25, 0.3) is 0 Å². The number of amides is 3. The summed E-state index contributed by atoms with van der Waals surface area (Å²) in [4.78, 5) is 44.9. The van der Waals surface area contributed by atoms with E-state index in [0.717, 1.165) is 10.5 Å². The van der Waals surface area contributed by atoms with Gasteiger partial charge in [-0.05, 0) is 50.1 Å². The Kier molecular flexibility index (Phi) is 6.12. The van der Waals surface area contributed by atoms with Crippen LogP contribution in [0.15, 0.2) is 42.6 Å². The Hall–Kier alpha value is -2.93. The number of halogens is 1. The number of hydrogen-bond donors (Lipinski definition) is 0. The van der Waals surface area contributed by atoms with Gasteiger partial charge < -0.3 is 9.64 Å². The van der Waals surface area contributed by atoms with E-state index in [0.29, 0.717) is 17.3 Å². The van der Waals surface area contributed by atoms with E-state index in [-0.39, 0.29) is 30.1 Å². The lowest BCUT2D eigenvalue weighted by molar-refractivity contribution is -0.138. The summed E-state index contributed by atoms with van der Waals surface area (Å²) >= 11 is 5.95. The minimum Gasteiger partial charge on any atom is -0.426 e. The molecule has 7 nitrogen and oxygen atoms in total. The number of carbonyl (C=O) groups excluding carboxylic acids is 3. The van der Waals surface area contributed by atoms with E-state index in [9.17, 15) is 14.4 Å². The first-order valence-electron chi connectivity index (χ1n) is 9.73. The highest BCUT2D eigenvalue weighted by atomic mass is 35.5. The van der Waals surface area contributed by atoms with Gasteiger partial charge in [-0.15, -0.1) is 0 Å². The van der Waals surface area contributed by atoms with Gasteiger partial charge in [0.05, 0.1) is 11.6 Å². The van der Waals surface area contributed by atoms with Crippen LogP contribution in [-0.4, -0.2) is 33.3 Å². The molecule has 2 heterocycles. The van der Waals surface area contributed by atoms with E-state index in [1.54, 1.807) is 57.3 Å². The fourth-order valence-electron chi connectivity index (χ4n) is 3.12. The van der Waals surface area contributed by atoms with Crippen LogP contribution >= 0.6 is 11.6 Å². The predicted octanol–water partition coefficient (Wildman–Crippen LogP) is 4.43. The minimum atomic E-state index is -1.06. The average molecular weight is 430 g/mol. The van der Waals surface area contributed by atoms with E-state index < -0.39 is 11.6 Å². The highest BCUT2D eigenvalue weighted by Crippen LogP contribution is 2.34. The van der Waals surface area contributed by atoms with Gasteiger partial charge in [-0.25, -0.2) is 14.7 Å². The third kappa shape index (κ3) is 4.16. The summed E-state index contributed by atoms with van der Waals surface area (Å²) in [5.74, 6) is -0.677. The van der Waals surface area contributed by atoms with E-state index >= 15 is 0 Å². The molecule has 1 aromatic heterocycles. The third-order valence-electron chi connectivity index (χ3n) is 5.26. The zero-order valence-corrected chi connectivity index (χ0v) is 18.1. The van der Waals surface area contributed by atoms with Gasteiger partial charge in [0.1, 0.15) is 16.4 Å². The van der Waals surface area contributed by atoms with E-state index in [2.05, 4.69) is 4.98 Å². The Bertz CT molecular complexity index is 992. The second-order valence-electron chi connectivity index (χ2n) is 7.78. The molecule has 1 aromatic carbocycles. The maximum Gasteiger partial charge on any atom is 0.332 e. The van der Waals surface area contributed by atoms with Crippen molar-refractivity contribution in [3.05, 3.63) is 53.3 Å². The van der Waals surface area contributed by atoms with Crippen molar-refractivity contribution in [3.8, 4) is 5.75 Å². The second-order valence-corrected chi connectivity index (χ2v) is 8.17. The standard InChI is InChI=1S/C22H24ClN3O4/c1-5-14(2)19(27)30-17-8-6-7-16(12-17)26-20(28)22(3,4)25(21(26)29)13-15-9-10-24-18(23)11-15/h6-12,14H,5,13H2,1-4H3. The van der Waals surface area contributed by atoms with Crippen molar-refractivity contribution in [3.63, 3.8) is 0 Å². The number of nitrogens with zero attached hydrogens (tertiary/aromatic N) is 3. The van der Waals surface area contributed by atoms with Crippen molar-refractivity contribution in [1.29, 1.82) is 0 Å². The Morgan fingerprint density at radius 2 is 1.97 bits per heavy atom. The topological polar surface area (TPSA) is 79.8 Å². The summed E-state index contributed by atoms with van der Waals surface area (Å²) in [5, 5.41) is 0.316. The fourth-order valence-corrected chi connectivity index (χ4v) is 3.32. The van der Waals surface area contributed by atoms with Crippen molar-refractivity contribution in [2.45, 2.75) is 46.2 Å². The van der Waals surface area contributed by atoms with Crippen LogP contribution in [0.1, 0.15) is 39.7 Å². The largest absolute Gasteiger partial charge is 0.426 e. The molecule has 0 spiro atoms. The summed E-state index contributed by atoms with van der Waals surface area (Å²) in [6, 6.07) is 9.38. The van der Waals surface area contributed by atoms with Crippen molar-refractivity contribution < 1.29 is 19.1 Å². The molecule has 0 saturated carbocycles. The number of pyridine rings is 1. The van der Waals surface area contributed by atoms with E-state index in [1.807, 2.05) is 6.92 Å². The first-order chi connectivity index (χ1) is 14.1. The predicted molar refractivity (Wildman–Crippen MR) is 113 cm³/mol. The summed E-state index contributed by atoms with van der Waals surface area (Å²) < 4.78 is 5.40. The van der Waals surface area contributed by atoms with E-state index in [1.165, 1.54) is 11.0 Å². The number of urea groups is 1. The van der Waals surface area contributed by atoms with Crippen LogP contribution in [0, 0.1) is 5.92 Å². The monoisotopic (exact) mass is 429 g/mol. The molecule has 1 fully saturated rings. The number of carbonyl (C=O) groups is 3. The van der Waals surface area contributed by atoms with Gasteiger partial charge in [0.15, 0.2) is 0 Å². The van der Waals surface area contributed by atoms with Crippen LogP contribution in [-0.2, 0) is 16.1 Å². The molecule has 1 unspecified atom stereocenters. The van der Waals surface area contributed by atoms with Gasteiger partial charge in [0, 0.05) is 18.8 Å². The molecule has 30 heavy (non-hydrogen) atoms. The van der Waals surface area contributed by atoms with Gasteiger partial charge in [-0.3, -0.25) is 9.59 Å². The number of benzene rings is 1. The highest BCUT2D eigenvalue weighted by Gasteiger charge is 2.51. The first kappa shape index (κ1) is 21.8. The van der Waals surface area contributed by atoms with Gasteiger partial charge >= 0.3 is 12.0 Å². The van der Waals surface area contributed by atoms with Crippen molar-refractivity contribution in [2.75, 3.05) is 4.90 Å². The SMILES string of the molecule is CCC(C)C(=O)Oc1cccc(N2C(=O)N(Cc3ccnc(Cl)c3)C(C)(C)C2=O)c1. The molecule has 1 saturated heterocycles. The summed E-state index contributed by atoms with van der Waals surface area (Å²) in [5.41, 5.74) is 0.0565. The van der Waals surface area contributed by atoms with Crippen molar-refractivity contribution in [1.82, 2.24) is 9.88 Å². The first-order valence-corrected chi connectivity index (χ1v) is 10.1. The van der Waals surface area contributed by atoms with Gasteiger partial charge in [0.25, 0.3) is 5.91 Å². The lowest BCUT2D eigenvalue weighted by Crippen LogP contribution is -2.43. The van der Waals surface area contributed by atoms with E-state index in [4.69, 9.17) is 16.3 Å². The Labute approximate surface area is 180 Å². The number of aromatic nitrogens is 1. The maximum atomic E-state index is 13.2. The molecule has 8 heteroatoms. The number of imide groups is 1. The molecule has 2 aromatic rings. The average Bonchev–Trinajstić information content (AvgIpc) is 2.87. The molecule has 0 aliphatic carbocycles. The van der Waals surface area contributed by atoms with Crippen molar-refractivity contribution >= 4 is 35.2 Å². The minimum absolute atomic E-state index is 0.207. The number of rotatable bonds is 6. The summed E-state index contributed by atoms with van der Waals surface area (Å²) in [7, 11) is 0. The Morgan fingerprint density at radius 1 is 1.23 bits per heavy atom. The quantitative estimate of drug-likeness (QED) is 0.293. The lowest BCUT2D eigenvalue weighted by atomic mass is 10.0. The molecule has 1 aliphatic rings. The molecule has 0 bridgehead atoms. The third-order valence-corrected chi connectivity index (χ3v) is 5.47. The zero-order chi connectivity index (χ0) is 22.1. The Balaban J connectivity index is 1.88. The molecule has 158 valence electrons. The molecule has 0 N–H and O–H groups in total. The maximum absolute atomic E-state index is 13.2. The van der Waals surface area contributed by atoms with Crippen molar-refractivity contribution in [2.24, 2.45) is 5.92 Å². The Morgan fingerprint density at radius 3 is 2.63 bits per heavy atom. The number of esters is 1. The van der Waals surface area contributed by atoms with Crippen LogP contribution < -0.4 is 9.64 Å². The number of hydrogen-bond acceptors (Lipinski definition) is 5. The molecule has 1 atom stereocenters. The van der Waals surface area contributed by atoms with Gasteiger partial charge in [-0.1, -0.05) is 31.5 Å².